The number of benzene rings is 1. The second-order valence-corrected chi connectivity index (χ2v) is 4.25. The lowest BCUT2D eigenvalue weighted by Gasteiger charge is -2.13. The van der Waals surface area contributed by atoms with Crippen LogP contribution >= 0.6 is 0 Å². The molecule has 1 aromatic carbocycles. The van der Waals surface area contributed by atoms with Gasteiger partial charge < -0.3 is 19.9 Å². The molecule has 0 fully saturated rings. The topological polar surface area (TPSA) is 70.8 Å². The Bertz CT molecular complexity index is 378. The Hall–Kier alpha value is -1.75. The Kier molecular flexibility index (Phi) is 6.74. The third-order valence-corrected chi connectivity index (χ3v) is 2.52. The maximum atomic E-state index is 11.5. The summed E-state index contributed by atoms with van der Waals surface area (Å²) in [5.41, 5.74) is 6.24. The summed E-state index contributed by atoms with van der Waals surface area (Å²) in [5, 5.41) is 0. The van der Waals surface area contributed by atoms with Gasteiger partial charge in [0, 0.05) is 25.8 Å². The molecule has 106 valence electrons. The quantitative estimate of drug-likeness (QED) is 0.576. The molecule has 0 saturated heterocycles. The summed E-state index contributed by atoms with van der Waals surface area (Å²) in [4.78, 5) is 11.5. The van der Waals surface area contributed by atoms with Crippen LogP contribution in [-0.2, 0) is 14.3 Å². The first kappa shape index (κ1) is 15.3. The van der Waals surface area contributed by atoms with Gasteiger partial charge in [0.15, 0.2) is 0 Å². The van der Waals surface area contributed by atoms with E-state index in [-0.39, 0.29) is 18.5 Å². The van der Waals surface area contributed by atoms with Gasteiger partial charge in [-0.1, -0.05) is 0 Å². The summed E-state index contributed by atoms with van der Waals surface area (Å²) in [5.74, 6) is 0.425. The van der Waals surface area contributed by atoms with Crippen molar-refractivity contribution in [3.63, 3.8) is 0 Å². The second kappa shape index (κ2) is 8.37. The summed E-state index contributed by atoms with van der Waals surface area (Å²) < 4.78 is 15.5. The molecule has 0 aliphatic carbocycles. The average molecular weight is 267 g/mol. The van der Waals surface area contributed by atoms with E-state index in [1.807, 2.05) is 6.92 Å². The third kappa shape index (κ3) is 6.67. The van der Waals surface area contributed by atoms with Crippen molar-refractivity contribution in [1.82, 2.24) is 0 Å². The molecule has 0 saturated carbocycles. The zero-order valence-electron chi connectivity index (χ0n) is 11.4. The predicted octanol–water partition coefficient (Wildman–Crippen LogP) is 2.01. The highest BCUT2D eigenvalue weighted by Gasteiger charge is 2.09. The highest BCUT2D eigenvalue weighted by atomic mass is 16.5. The van der Waals surface area contributed by atoms with Crippen LogP contribution in [0.5, 0.6) is 5.75 Å². The van der Waals surface area contributed by atoms with Crippen LogP contribution in [0.25, 0.3) is 0 Å². The van der Waals surface area contributed by atoms with E-state index in [1.165, 1.54) is 0 Å². The van der Waals surface area contributed by atoms with Crippen LogP contribution < -0.4 is 10.5 Å². The van der Waals surface area contributed by atoms with Gasteiger partial charge in [0.1, 0.15) is 11.9 Å². The number of nitrogen functional groups attached to an aromatic ring is 1. The fraction of sp³-hybridized carbons (Fsp3) is 0.500. The van der Waals surface area contributed by atoms with Crippen LogP contribution in [-0.4, -0.2) is 32.4 Å². The Labute approximate surface area is 113 Å². The molecule has 5 nitrogen and oxygen atoms in total. The van der Waals surface area contributed by atoms with Crippen molar-refractivity contribution in [2.45, 2.75) is 25.9 Å². The molecule has 1 unspecified atom stereocenters. The molecule has 0 spiro atoms. The van der Waals surface area contributed by atoms with Crippen LogP contribution in [0, 0.1) is 0 Å². The zero-order chi connectivity index (χ0) is 14.1. The van der Waals surface area contributed by atoms with Gasteiger partial charge in [-0.25, -0.2) is 0 Å². The number of ether oxygens (including phenoxy) is 3. The summed E-state index contributed by atoms with van der Waals surface area (Å²) in [7, 11) is 1.62. The van der Waals surface area contributed by atoms with Gasteiger partial charge in [-0.2, -0.15) is 0 Å². The van der Waals surface area contributed by atoms with Crippen LogP contribution in [0.3, 0.4) is 0 Å². The summed E-state index contributed by atoms with van der Waals surface area (Å²) >= 11 is 0. The van der Waals surface area contributed by atoms with Crippen LogP contribution in [0.4, 0.5) is 5.69 Å². The Morgan fingerprint density at radius 3 is 2.58 bits per heavy atom. The van der Waals surface area contributed by atoms with Gasteiger partial charge >= 0.3 is 5.97 Å². The van der Waals surface area contributed by atoms with Gasteiger partial charge in [-0.15, -0.1) is 0 Å². The SMILES string of the molecule is COCCC(C)OC(=O)CCOc1ccc(N)cc1. The monoisotopic (exact) mass is 267 g/mol. The highest BCUT2D eigenvalue weighted by molar-refractivity contribution is 5.69. The molecule has 19 heavy (non-hydrogen) atoms. The van der Waals surface area contributed by atoms with E-state index in [0.29, 0.717) is 31.1 Å². The average Bonchev–Trinajstić information content (AvgIpc) is 2.38. The molecule has 2 N–H and O–H groups in total. The van der Waals surface area contributed by atoms with Crippen molar-refractivity contribution in [1.29, 1.82) is 0 Å². The molecule has 0 aliphatic heterocycles. The van der Waals surface area contributed by atoms with E-state index < -0.39 is 0 Å². The van der Waals surface area contributed by atoms with Crippen molar-refractivity contribution in [2.75, 3.05) is 26.1 Å². The molecule has 0 radical (unpaired) electrons. The van der Waals surface area contributed by atoms with E-state index in [2.05, 4.69) is 0 Å². The molecular formula is C14H21NO4. The Balaban J connectivity index is 2.18. The van der Waals surface area contributed by atoms with Crippen LogP contribution in [0.1, 0.15) is 19.8 Å². The molecule has 1 rings (SSSR count). The van der Waals surface area contributed by atoms with Crippen LogP contribution in [0.2, 0.25) is 0 Å². The van der Waals surface area contributed by atoms with Crippen molar-refractivity contribution in [3.05, 3.63) is 24.3 Å². The number of hydrogen-bond donors (Lipinski definition) is 1. The summed E-state index contributed by atoms with van der Waals surface area (Å²) in [6.07, 6.45) is 0.784. The number of methoxy groups -OCH3 is 1. The second-order valence-electron chi connectivity index (χ2n) is 4.25. The predicted molar refractivity (Wildman–Crippen MR) is 73.0 cm³/mol. The number of anilines is 1. The number of rotatable bonds is 8. The van der Waals surface area contributed by atoms with Crippen molar-refractivity contribution >= 4 is 11.7 Å². The van der Waals surface area contributed by atoms with Crippen molar-refractivity contribution in [3.8, 4) is 5.75 Å². The molecule has 0 amide bonds. The minimum atomic E-state index is -0.265. The van der Waals surface area contributed by atoms with E-state index in [9.17, 15) is 4.79 Å². The maximum Gasteiger partial charge on any atom is 0.309 e. The first-order valence-electron chi connectivity index (χ1n) is 6.28. The molecular weight excluding hydrogens is 246 g/mol. The lowest BCUT2D eigenvalue weighted by atomic mass is 10.3. The van der Waals surface area contributed by atoms with Gasteiger partial charge in [-0.3, -0.25) is 4.79 Å². The van der Waals surface area contributed by atoms with Gasteiger partial charge in [0.25, 0.3) is 0 Å². The number of carbonyl (C=O) groups excluding carboxylic acids is 1. The molecule has 0 aliphatic rings. The third-order valence-electron chi connectivity index (χ3n) is 2.52. The molecule has 0 aromatic heterocycles. The number of nitrogens with two attached hydrogens (primary N) is 1. The van der Waals surface area contributed by atoms with Gasteiger partial charge in [-0.05, 0) is 31.2 Å². The highest BCUT2D eigenvalue weighted by Crippen LogP contribution is 2.13. The first-order valence-corrected chi connectivity index (χ1v) is 6.28. The number of hydrogen-bond acceptors (Lipinski definition) is 5. The normalized spacial score (nSPS) is 11.9. The van der Waals surface area contributed by atoms with Gasteiger partial charge in [0.05, 0.1) is 13.0 Å². The van der Waals surface area contributed by atoms with Crippen LogP contribution in [0.15, 0.2) is 24.3 Å². The summed E-state index contributed by atoms with van der Waals surface area (Å²) in [6, 6.07) is 7.03. The standard InChI is InChI=1S/C14H21NO4/c1-11(7-9-17-2)19-14(16)8-10-18-13-5-3-12(15)4-6-13/h3-6,11H,7-10,15H2,1-2H3. The van der Waals surface area contributed by atoms with Gasteiger partial charge in [0.2, 0.25) is 0 Å². The largest absolute Gasteiger partial charge is 0.493 e. The lowest BCUT2D eigenvalue weighted by molar-refractivity contribution is -0.149. The summed E-state index contributed by atoms with van der Waals surface area (Å²) in [6.45, 7) is 2.72. The maximum absolute atomic E-state index is 11.5. The molecule has 1 aromatic rings. The fourth-order valence-electron chi connectivity index (χ4n) is 1.44. The molecule has 1 atom stereocenters. The van der Waals surface area contributed by atoms with Crippen molar-refractivity contribution < 1.29 is 19.0 Å². The minimum absolute atomic E-state index is 0.135. The lowest BCUT2D eigenvalue weighted by Crippen LogP contribution is -2.18. The minimum Gasteiger partial charge on any atom is -0.493 e. The van der Waals surface area contributed by atoms with E-state index >= 15 is 0 Å². The van der Waals surface area contributed by atoms with E-state index in [1.54, 1.807) is 31.4 Å². The fourth-order valence-corrected chi connectivity index (χ4v) is 1.44. The van der Waals surface area contributed by atoms with Crippen molar-refractivity contribution in [2.24, 2.45) is 0 Å². The molecule has 0 bridgehead atoms. The molecule has 5 heteroatoms. The Morgan fingerprint density at radius 1 is 1.26 bits per heavy atom. The number of carbonyl (C=O) groups is 1. The number of esters is 1. The molecule has 0 heterocycles. The van der Waals surface area contributed by atoms with E-state index in [4.69, 9.17) is 19.9 Å². The first-order chi connectivity index (χ1) is 9.11. The zero-order valence-corrected chi connectivity index (χ0v) is 11.4. The smallest absolute Gasteiger partial charge is 0.309 e. The Morgan fingerprint density at radius 2 is 1.95 bits per heavy atom. The van der Waals surface area contributed by atoms with E-state index in [0.717, 1.165) is 0 Å².